The number of amides is 2. The van der Waals surface area contributed by atoms with Crippen molar-refractivity contribution in [2.75, 3.05) is 11.9 Å². The number of hydrogen-bond acceptors (Lipinski definition) is 2. The van der Waals surface area contributed by atoms with Crippen LogP contribution in [-0.4, -0.2) is 17.7 Å². The highest BCUT2D eigenvalue weighted by molar-refractivity contribution is 6.30. The molecular formula is C15H15ClN2O2. The van der Waals surface area contributed by atoms with Gasteiger partial charge in [0.15, 0.2) is 0 Å². The molecule has 5 heteroatoms. The molecular weight excluding hydrogens is 276 g/mol. The molecule has 104 valence electrons. The highest BCUT2D eigenvalue weighted by Gasteiger charge is 2.02. The van der Waals surface area contributed by atoms with E-state index < -0.39 is 0 Å². The molecule has 2 aromatic rings. The Bertz CT molecular complexity index is 602. The zero-order valence-electron chi connectivity index (χ0n) is 10.8. The summed E-state index contributed by atoms with van der Waals surface area (Å²) in [6, 6.07) is 13.6. The maximum atomic E-state index is 11.7. The molecule has 2 amide bonds. The summed E-state index contributed by atoms with van der Waals surface area (Å²) >= 11 is 5.89. The van der Waals surface area contributed by atoms with Crippen LogP contribution in [0.1, 0.15) is 5.56 Å². The number of aromatic hydroxyl groups is 1. The second-order valence-electron chi connectivity index (χ2n) is 4.31. The van der Waals surface area contributed by atoms with Gasteiger partial charge in [0.25, 0.3) is 0 Å². The first kappa shape index (κ1) is 14.2. The summed E-state index contributed by atoms with van der Waals surface area (Å²) in [6.45, 7) is 0.505. The molecule has 2 rings (SSSR count). The van der Waals surface area contributed by atoms with Crippen molar-refractivity contribution in [1.82, 2.24) is 5.32 Å². The van der Waals surface area contributed by atoms with E-state index in [1.807, 2.05) is 24.3 Å². The first-order chi connectivity index (χ1) is 9.63. The fraction of sp³-hybridized carbons (Fsp3) is 0.133. The molecule has 0 unspecified atom stereocenters. The van der Waals surface area contributed by atoms with E-state index in [4.69, 9.17) is 11.6 Å². The summed E-state index contributed by atoms with van der Waals surface area (Å²) in [5, 5.41) is 15.4. The van der Waals surface area contributed by atoms with Crippen LogP contribution in [0.2, 0.25) is 5.02 Å². The van der Waals surface area contributed by atoms with Crippen molar-refractivity contribution in [3.8, 4) is 5.75 Å². The Kier molecular flexibility index (Phi) is 4.85. The van der Waals surface area contributed by atoms with Crippen molar-refractivity contribution < 1.29 is 9.90 Å². The SMILES string of the molecule is O=C(NCCc1cccc(Cl)c1)Nc1cccc(O)c1. The number of phenolic OH excluding ortho intramolecular Hbond substituents is 1. The van der Waals surface area contributed by atoms with Crippen molar-refractivity contribution in [3.63, 3.8) is 0 Å². The summed E-state index contributed by atoms with van der Waals surface area (Å²) in [5.74, 6) is 0.113. The molecule has 0 aliphatic rings. The second kappa shape index (κ2) is 6.82. The van der Waals surface area contributed by atoms with Crippen LogP contribution in [0, 0.1) is 0 Å². The topological polar surface area (TPSA) is 61.4 Å². The third kappa shape index (κ3) is 4.48. The number of carbonyl (C=O) groups is 1. The number of rotatable bonds is 4. The number of phenols is 1. The lowest BCUT2D eigenvalue weighted by Crippen LogP contribution is -2.30. The zero-order chi connectivity index (χ0) is 14.4. The molecule has 2 aromatic carbocycles. The quantitative estimate of drug-likeness (QED) is 0.808. The van der Waals surface area contributed by atoms with Gasteiger partial charge in [-0.25, -0.2) is 4.79 Å². The summed E-state index contributed by atoms with van der Waals surface area (Å²) in [5.41, 5.74) is 1.61. The van der Waals surface area contributed by atoms with Gasteiger partial charge >= 0.3 is 6.03 Å². The molecule has 0 fully saturated rings. The standard InChI is InChI=1S/C15H15ClN2O2/c16-12-4-1-3-11(9-12)7-8-17-15(20)18-13-5-2-6-14(19)10-13/h1-6,9-10,19H,7-8H2,(H2,17,18,20). The molecule has 0 atom stereocenters. The molecule has 0 saturated carbocycles. The van der Waals surface area contributed by atoms with Crippen LogP contribution >= 0.6 is 11.6 Å². The lowest BCUT2D eigenvalue weighted by atomic mass is 10.1. The zero-order valence-corrected chi connectivity index (χ0v) is 11.5. The summed E-state index contributed by atoms with van der Waals surface area (Å²) in [4.78, 5) is 11.7. The lowest BCUT2D eigenvalue weighted by Gasteiger charge is -2.08. The summed E-state index contributed by atoms with van der Waals surface area (Å²) in [7, 11) is 0. The van der Waals surface area contributed by atoms with Gasteiger partial charge in [-0.3, -0.25) is 0 Å². The van der Waals surface area contributed by atoms with Crippen molar-refractivity contribution in [1.29, 1.82) is 0 Å². The van der Waals surface area contributed by atoms with E-state index in [9.17, 15) is 9.90 Å². The highest BCUT2D eigenvalue weighted by Crippen LogP contribution is 2.15. The van der Waals surface area contributed by atoms with Gasteiger partial charge in [0.1, 0.15) is 5.75 Å². The van der Waals surface area contributed by atoms with Crippen LogP contribution in [0.15, 0.2) is 48.5 Å². The van der Waals surface area contributed by atoms with E-state index in [0.29, 0.717) is 23.7 Å². The lowest BCUT2D eigenvalue weighted by molar-refractivity contribution is 0.252. The van der Waals surface area contributed by atoms with Gasteiger partial charge in [-0.15, -0.1) is 0 Å². The van der Waals surface area contributed by atoms with Gasteiger partial charge < -0.3 is 15.7 Å². The average Bonchev–Trinajstić information content (AvgIpc) is 2.38. The van der Waals surface area contributed by atoms with Gasteiger partial charge in [-0.05, 0) is 36.2 Å². The van der Waals surface area contributed by atoms with Crippen LogP contribution in [0.25, 0.3) is 0 Å². The molecule has 3 N–H and O–H groups in total. The van der Waals surface area contributed by atoms with Crippen molar-refractivity contribution in [2.24, 2.45) is 0 Å². The Balaban J connectivity index is 1.78. The monoisotopic (exact) mass is 290 g/mol. The Hall–Kier alpha value is -2.20. The number of carbonyl (C=O) groups excluding carboxylic acids is 1. The minimum Gasteiger partial charge on any atom is -0.508 e. The summed E-state index contributed by atoms with van der Waals surface area (Å²) < 4.78 is 0. The number of nitrogens with one attached hydrogen (secondary N) is 2. The van der Waals surface area contributed by atoms with E-state index in [-0.39, 0.29) is 11.8 Å². The molecule has 20 heavy (non-hydrogen) atoms. The molecule has 0 aliphatic carbocycles. The highest BCUT2D eigenvalue weighted by atomic mass is 35.5. The predicted octanol–water partition coefficient (Wildman–Crippen LogP) is 3.41. The number of halogens is 1. The van der Waals surface area contributed by atoms with Crippen LogP contribution < -0.4 is 10.6 Å². The maximum Gasteiger partial charge on any atom is 0.319 e. The van der Waals surface area contributed by atoms with E-state index in [1.54, 1.807) is 18.2 Å². The van der Waals surface area contributed by atoms with E-state index in [1.165, 1.54) is 6.07 Å². The largest absolute Gasteiger partial charge is 0.508 e. The number of anilines is 1. The maximum absolute atomic E-state index is 11.7. The van der Waals surface area contributed by atoms with Crippen molar-refractivity contribution in [3.05, 3.63) is 59.1 Å². The van der Waals surface area contributed by atoms with Crippen LogP contribution in [0.5, 0.6) is 5.75 Å². The van der Waals surface area contributed by atoms with Crippen LogP contribution in [-0.2, 0) is 6.42 Å². The molecule has 0 saturated heterocycles. The van der Waals surface area contributed by atoms with Crippen molar-refractivity contribution in [2.45, 2.75) is 6.42 Å². The average molecular weight is 291 g/mol. The number of hydrogen-bond donors (Lipinski definition) is 3. The number of urea groups is 1. The molecule has 0 radical (unpaired) electrons. The van der Waals surface area contributed by atoms with Gasteiger partial charge in [0, 0.05) is 23.3 Å². The van der Waals surface area contributed by atoms with Gasteiger partial charge in [0.05, 0.1) is 0 Å². The Morgan fingerprint density at radius 2 is 1.95 bits per heavy atom. The van der Waals surface area contributed by atoms with E-state index in [2.05, 4.69) is 10.6 Å². The summed E-state index contributed by atoms with van der Waals surface area (Å²) in [6.07, 6.45) is 0.702. The minimum atomic E-state index is -0.308. The molecule has 0 spiro atoms. The van der Waals surface area contributed by atoms with Gasteiger partial charge in [-0.2, -0.15) is 0 Å². The molecule has 0 heterocycles. The molecule has 0 bridgehead atoms. The third-order valence-electron chi connectivity index (χ3n) is 2.69. The first-order valence-electron chi connectivity index (χ1n) is 6.22. The van der Waals surface area contributed by atoms with E-state index in [0.717, 1.165) is 5.56 Å². The normalized spacial score (nSPS) is 10.1. The fourth-order valence-corrected chi connectivity index (χ4v) is 1.98. The predicted molar refractivity (Wildman–Crippen MR) is 80.3 cm³/mol. The van der Waals surface area contributed by atoms with Gasteiger partial charge in [-0.1, -0.05) is 29.8 Å². The minimum absolute atomic E-state index is 0.113. The fourth-order valence-electron chi connectivity index (χ4n) is 1.77. The van der Waals surface area contributed by atoms with E-state index >= 15 is 0 Å². The Morgan fingerprint density at radius 3 is 2.70 bits per heavy atom. The molecule has 0 aliphatic heterocycles. The Labute approximate surface area is 122 Å². The van der Waals surface area contributed by atoms with Crippen LogP contribution in [0.4, 0.5) is 10.5 Å². The Morgan fingerprint density at radius 1 is 1.15 bits per heavy atom. The second-order valence-corrected chi connectivity index (χ2v) is 4.75. The smallest absolute Gasteiger partial charge is 0.319 e. The van der Waals surface area contributed by atoms with Crippen LogP contribution in [0.3, 0.4) is 0 Å². The molecule has 0 aromatic heterocycles. The van der Waals surface area contributed by atoms with Crippen molar-refractivity contribution >= 4 is 23.3 Å². The third-order valence-corrected chi connectivity index (χ3v) is 2.93. The molecule has 4 nitrogen and oxygen atoms in total. The van der Waals surface area contributed by atoms with Gasteiger partial charge in [0.2, 0.25) is 0 Å². The first-order valence-corrected chi connectivity index (χ1v) is 6.59. The number of benzene rings is 2.